The van der Waals surface area contributed by atoms with Crippen LogP contribution in [-0.4, -0.2) is 26.1 Å². The zero-order chi connectivity index (χ0) is 11.5. The van der Waals surface area contributed by atoms with Gasteiger partial charge in [-0.15, -0.1) is 5.10 Å². The van der Waals surface area contributed by atoms with Gasteiger partial charge in [-0.05, 0) is 18.6 Å². The molecule has 6 heteroatoms. The van der Waals surface area contributed by atoms with Gasteiger partial charge >= 0.3 is 5.97 Å². The van der Waals surface area contributed by atoms with Crippen LogP contribution in [0.1, 0.15) is 28.9 Å². The average molecular weight is 221 g/mol. The van der Waals surface area contributed by atoms with Gasteiger partial charge in [-0.2, -0.15) is 0 Å². The third kappa shape index (κ3) is 1.81. The van der Waals surface area contributed by atoms with E-state index in [1.807, 2.05) is 13.0 Å². The van der Waals surface area contributed by atoms with Crippen LogP contribution in [0.4, 0.5) is 0 Å². The Bertz CT molecular complexity index is 487. The second kappa shape index (κ2) is 4.18. The molecule has 2 heterocycles. The first-order chi connectivity index (χ1) is 7.72. The molecular weight excluding hydrogens is 210 g/mol. The molecule has 0 aliphatic heterocycles. The van der Waals surface area contributed by atoms with Gasteiger partial charge in [0.1, 0.15) is 12.3 Å². The molecule has 0 radical (unpaired) electrons. The van der Waals surface area contributed by atoms with E-state index in [4.69, 9.17) is 9.52 Å². The summed E-state index contributed by atoms with van der Waals surface area (Å²) in [6.45, 7) is 2.26. The normalized spacial score (nSPS) is 10.6. The highest BCUT2D eigenvalue weighted by Gasteiger charge is 2.17. The summed E-state index contributed by atoms with van der Waals surface area (Å²) in [6, 6.07) is 3.58. The van der Waals surface area contributed by atoms with Gasteiger partial charge < -0.3 is 9.52 Å². The van der Waals surface area contributed by atoms with Gasteiger partial charge in [-0.25, -0.2) is 9.48 Å². The lowest BCUT2D eigenvalue weighted by Crippen LogP contribution is -2.08. The average Bonchev–Trinajstić information content (AvgIpc) is 2.87. The molecule has 0 saturated carbocycles. The van der Waals surface area contributed by atoms with Gasteiger partial charge in [0.2, 0.25) is 0 Å². The van der Waals surface area contributed by atoms with E-state index in [1.165, 1.54) is 0 Å². The summed E-state index contributed by atoms with van der Waals surface area (Å²) in [7, 11) is 0. The number of carbonyl (C=O) groups is 1. The van der Waals surface area contributed by atoms with Crippen LogP contribution in [-0.2, 0) is 13.0 Å². The molecule has 0 spiro atoms. The van der Waals surface area contributed by atoms with Crippen LogP contribution >= 0.6 is 0 Å². The lowest BCUT2D eigenvalue weighted by Gasteiger charge is -2.02. The Labute approximate surface area is 91.5 Å². The first-order valence-electron chi connectivity index (χ1n) is 4.90. The highest BCUT2D eigenvalue weighted by atomic mass is 16.4. The van der Waals surface area contributed by atoms with Crippen molar-refractivity contribution in [3.63, 3.8) is 0 Å². The highest BCUT2D eigenvalue weighted by Crippen LogP contribution is 2.10. The van der Waals surface area contributed by atoms with Crippen molar-refractivity contribution in [2.45, 2.75) is 19.9 Å². The standard InChI is InChI=1S/C10H11N3O3/c1-2-8-9(10(14)15)11-12-13(8)6-7-4-3-5-16-7/h3-5H,2,6H2,1H3,(H,14,15). The number of furan rings is 1. The molecule has 0 aromatic carbocycles. The van der Waals surface area contributed by atoms with Crippen LogP contribution in [0.3, 0.4) is 0 Å². The minimum atomic E-state index is -1.05. The minimum absolute atomic E-state index is 0.00839. The molecule has 2 aromatic heterocycles. The van der Waals surface area contributed by atoms with Crippen molar-refractivity contribution in [3.8, 4) is 0 Å². The fourth-order valence-electron chi connectivity index (χ4n) is 1.53. The van der Waals surface area contributed by atoms with E-state index in [1.54, 1.807) is 17.0 Å². The van der Waals surface area contributed by atoms with E-state index in [2.05, 4.69) is 10.3 Å². The molecule has 0 aliphatic carbocycles. The molecule has 0 amide bonds. The Kier molecular flexibility index (Phi) is 2.72. The van der Waals surface area contributed by atoms with Gasteiger partial charge in [0.05, 0.1) is 12.0 Å². The van der Waals surface area contributed by atoms with Crippen LogP contribution in [0.5, 0.6) is 0 Å². The molecule has 84 valence electrons. The second-order valence-corrected chi connectivity index (χ2v) is 3.28. The monoisotopic (exact) mass is 221 g/mol. The number of hydrogen-bond donors (Lipinski definition) is 1. The van der Waals surface area contributed by atoms with Crippen molar-refractivity contribution in [3.05, 3.63) is 35.5 Å². The molecule has 6 nitrogen and oxygen atoms in total. The summed E-state index contributed by atoms with van der Waals surface area (Å²) < 4.78 is 6.71. The van der Waals surface area contributed by atoms with Crippen molar-refractivity contribution >= 4 is 5.97 Å². The summed E-state index contributed by atoms with van der Waals surface area (Å²) in [5, 5.41) is 16.3. The number of hydrogen-bond acceptors (Lipinski definition) is 4. The number of rotatable bonds is 4. The van der Waals surface area contributed by atoms with Gasteiger partial charge in [0, 0.05) is 0 Å². The molecule has 1 N–H and O–H groups in total. The predicted octanol–water partition coefficient (Wildman–Crippen LogP) is 1.18. The first kappa shape index (κ1) is 10.4. The SMILES string of the molecule is CCc1c(C(=O)O)nnn1Cc1ccco1. The predicted molar refractivity (Wildman–Crippen MR) is 54.2 cm³/mol. The summed E-state index contributed by atoms with van der Waals surface area (Å²) in [6.07, 6.45) is 2.13. The Morgan fingerprint density at radius 1 is 1.62 bits per heavy atom. The fourth-order valence-corrected chi connectivity index (χ4v) is 1.53. The van der Waals surface area contributed by atoms with Crippen LogP contribution in [0.2, 0.25) is 0 Å². The van der Waals surface area contributed by atoms with Crippen LogP contribution < -0.4 is 0 Å². The largest absolute Gasteiger partial charge is 0.476 e. The smallest absolute Gasteiger partial charge is 0.358 e. The summed E-state index contributed by atoms with van der Waals surface area (Å²) in [4.78, 5) is 10.9. The lowest BCUT2D eigenvalue weighted by molar-refractivity contribution is 0.0689. The van der Waals surface area contributed by atoms with Crippen molar-refractivity contribution in [2.24, 2.45) is 0 Å². The number of carboxylic acids is 1. The minimum Gasteiger partial charge on any atom is -0.476 e. The third-order valence-electron chi connectivity index (χ3n) is 2.26. The van der Waals surface area contributed by atoms with Gasteiger partial charge in [0.25, 0.3) is 0 Å². The van der Waals surface area contributed by atoms with Gasteiger partial charge in [-0.3, -0.25) is 0 Å². The van der Waals surface area contributed by atoms with E-state index < -0.39 is 5.97 Å². The Balaban J connectivity index is 2.31. The number of aromatic carboxylic acids is 1. The molecule has 0 bridgehead atoms. The van der Waals surface area contributed by atoms with Crippen LogP contribution in [0.25, 0.3) is 0 Å². The van der Waals surface area contributed by atoms with Gasteiger partial charge in [0.15, 0.2) is 5.69 Å². The Hall–Kier alpha value is -2.11. The van der Waals surface area contributed by atoms with Crippen molar-refractivity contribution in [2.75, 3.05) is 0 Å². The fraction of sp³-hybridized carbons (Fsp3) is 0.300. The van der Waals surface area contributed by atoms with E-state index >= 15 is 0 Å². The molecule has 0 aliphatic rings. The summed E-state index contributed by atoms with van der Waals surface area (Å²) >= 11 is 0. The van der Waals surface area contributed by atoms with Gasteiger partial charge in [-0.1, -0.05) is 12.1 Å². The number of aromatic nitrogens is 3. The Morgan fingerprint density at radius 2 is 2.44 bits per heavy atom. The maximum Gasteiger partial charge on any atom is 0.358 e. The topological polar surface area (TPSA) is 81.1 Å². The van der Waals surface area contributed by atoms with Crippen molar-refractivity contribution in [1.82, 2.24) is 15.0 Å². The third-order valence-corrected chi connectivity index (χ3v) is 2.26. The van der Waals surface area contributed by atoms with E-state index in [-0.39, 0.29) is 5.69 Å². The maximum absolute atomic E-state index is 10.9. The second-order valence-electron chi connectivity index (χ2n) is 3.28. The highest BCUT2D eigenvalue weighted by molar-refractivity contribution is 5.86. The number of nitrogens with zero attached hydrogens (tertiary/aromatic N) is 3. The van der Waals surface area contributed by atoms with Crippen molar-refractivity contribution in [1.29, 1.82) is 0 Å². The molecule has 2 rings (SSSR count). The van der Waals surface area contributed by atoms with E-state index in [9.17, 15) is 4.79 Å². The molecule has 0 fully saturated rings. The summed E-state index contributed by atoms with van der Waals surface area (Å²) in [5.74, 6) is -0.334. The first-order valence-corrected chi connectivity index (χ1v) is 4.90. The molecule has 0 unspecified atom stereocenters. The zero-order valence-corrected chi connectivity index (χ0v) is 8.75. The molecule has 0 saturated heterocycles. The lowest BCUT2D eigenvalue weighted by atomic mass is 10.2. The van der Waals surface area contributed by atoms with E-state index in [0.29, 0.717) is 18.7 Å². The molecule has 0 atom stereocenters. The molecule has 2 aromatic rings. The molecule has 16 heavy (non-hydrogen) atoms. The Morgan fingerprint density at radius 3 is 3.00 bits per heavy atom. The van der Waals surface area contributed by atoms with Crippen LogP contribution in [0.15, 0.2) is 22.8 Å². The summed E-state index contributed by atoms with van der Waals surface area (Å²) in [5.41, 5.74) is 0.609. The van der Waals surface area contributed by atoms with Crippen molar-refractivity contribution < 1.29 is 14.3 Å². The maximum atomic E-state index is 10.9. The number of carboxylic acid groups (broad SMARTS) is 1. The quantitative estimate of drug-likeness (QED) is 0.838. The zero-order valence-electron chi connectivity index (χ0n) is 8.75. The van der Waals surface area contributed by atoms with Crippen LogP contribution in [0, 0.1) is 0 Å². The van der Waals surface area contributed by atoms with E-state index in [0.717, 1.165) is 5.76 Å². The molecular formula is C10H11N3O3.